The maximum atomic E-state index is 11.6. The molecule has 1 heterocycles. The third-order valence-electron chi connectivity index (χ3n) is 2.94. The molecule has 0 aliphatic carbocycles. The molecule has 110 valence electrons. The SMILES string of the molecule is Cc1ccc(NCC(=O)N/N=C\c2ccc(I)o2)cc1C. The van der Waals surface area contributed by atoms with Gasteiger partial charge in [-0.15, -0.1) is 0 Å². The molecule has 0 atom stereocenters. The van der Waals surface area contributed by atoms with Crippen LogP contribution < -0.4 is 10.7 Å². The molecule has 0 unspecified atom stereocenters. The van der Waals surface area contributed by atoms with Gasteiger partial charge < -0.3 is 9.73 Å². The monoisotopic (exact) mass is 397 g/mol. The summed E-state index contributed by atoms with van der Waals surface area (Å²) in [7, 11) is 0. The van der Waals surface area contributed by atoms with Crippen LogP contribution in [-0.4, -0.2) is 18.7 Å². The number of hydrogen-bond donors (Lipinski definition) is 2. The van der Waals surface area contributed by atoms with E-state index < -0.39 is 0 Å². The Morgan fingerprint density at radius 1 is 1.29 bits per heavy atom. The van der Waals surface area contributed by atoms with Gasteiger partial charge in [-0.3, -0.25) is 4.79 Å². The standard InChI is InChI=1S/C15H16IN3O2/c1-10-3-4-12(7-11(10)2)17-9-15(20)19-18-8-13-5-6-14(16)21-13/h3-8,17H,9H2,1-2H3,(H,19,20)/b18-8-. The zero-order chi connectivity index (χ0) is 15.2. The summed E-state index contributed by atoms with van der Waals surface area (Å²) >= 11 is 2.06. The number of hydrogen-bond acceptors (Lipinski definition) is 4. The minimum atomic E-state index is -0.217. The van der Waals surface area contributed by atoms with Crippen molar-refractivity contribution >= 4 is 40.4 Å². The minimum Gasteiger partial charge on any atom is -0.449 e. The number of furan rings is 1. The van der Waals surface area contributed by atoms with Crippen molar-refractivity contribution in [3.05, 3.63) is 51.0 Å². The molecule has 0 radical (unpaired) electrons. The van der Waals surface area contributed by atoms with E-state index in [0.29, 0.717) is 5.76 Å². The number of anilines is 1. The number of halogens is 1. The van der Waals surface area contributed by atoms with E-state index >= 15 is 0 Å². The van der Waals surface area contributed by atoms with Gasteiger partial charge in [-0.25, -0.2) is 5.43 Å². The summed E-state index contributed by atoms with van der Waals surface area (Å²) in [5.74, 6) is 0.382. The van der Waals surface area contributed by atoms with Crippen LogP contribution in [0.3, 0.4) is 0 Å². The summed E-state index contributed by atoms with van der Waals surface area (Å²) in [6.07, 6.45) is 1.47. The molecule has 5 nitrogen and oxygen atoms in total. The molecule has 0 aliphatic heterocycles. The van der Waals surface area contributed by atoms with E-state index in [1.165, 1.54) is 17.3 Å². The number of carbonyl (C=O) groups excluding carboxylic acids is 1. The summed E-state index contributed by atoms with van der Waals surface area (Å²) in [6, 6.07) is 9.59. The Morgan fingerprint density at radius 2 is 2.10 bits per heavy atom. The molecule has 0 aliphatic rings. The van der Waals surface area contributed by atoms with Crippen LogP contribution >= 0.6 is 22.6 Å². The quantitative estimate of drug-likeness (QED) is 0.463. The lowest BCUT2D eigenvalue weighted by Gasteiger charge is -2.07. The zero-order valence-corrected chi connectivity index (χ0v) is 14.0. The van der Waals surface area contributed by atoms with Crippen molar-refractivity contribution in [2.45, 2.75) is 13.8 Å². The van der Waals surface area contributed by atoms with Crippen molar-refractivity contribution in [1.82, 2.24) is 5.43 Å². The van der Waals surface area contributed by atoms with E-state index in [1.807, 2.05) is 31.2 Å². The Hall–Kier alpha value is -1.83. The fourth-order valence-electron chi connectivity index (χ4n) is 1.64. The summed E-state index contributed by atoms with van der Waals surface area (Å²) in [4.78, 5) is 11.6. The van der Waals surface area contributed by atoms with Crippen LogP contribution in [0.25, 0.3) is 0 Å². The predicted octanol–water partition coefficient (Wildman–Crippen LogP) is 3.06. The first-order valence-corrected chi connectivity index (χ1v) is 7.51. The van der Waals surface area contributed by atoms with Gasteiger partial charge in [0, 0.05) is 5.69 Å². The summed E-state index contributed by atoms with van der Waals surface area (Å²) < 4.78 is 6.06. The molecule has 2 N–H and O–H groups in total. The van der Waals surface area contributed by atoms with Crippen LogP contribution in [0, 0.1) is 17.6 Å². The first kappa shape index (κ1) is 15.6. The van der Waals surface area contributed by atoms with Gasteiger partial charge in [-0.05, 0) is 71.8 Å². The van der Waals surface area contributed by atoms with Crippen LogP contribution in [0.2, 0.25) is 0 Å². The molecule has 0 saturated carbocycles. The van der Waals surface area contributed by atoms with E-state index in [4.69, 9.17) is 4.42 Å². The summed E-state index contributed by atoms with van der Waals surface area (Å²) in [5.41, 5.74) is 5.77. The highest BCUT2D eigenvalue weighted by Crippen LogP contribution is 2.13. The van der Waals surface area contributed by atoms with E-state index in [9.17, 15) is 4.79 Å². The van der Waals surface area contributed by atoms with E-state index in [-0.39, 0.29) is 12.5 Å². The average Bonchev–Trinajstić information content (AvgIpc) is 2.86. The molecular formula is C15H16IN3O2. The molecule has 2 rings (SSSR count). The second-order valence-electron chi connectivity index (χ2n) is 4.59. The third-order valence-corrected chi connectivity index (χ3v) is 3.51. The smallest absolute Gasteiger partial charge is 0.259 e. The van der Waals surface area contributed by atoms with Crippen molar-refractivity contribution < 1.29 is 9.21 Å². The Labute approximate surface area is 136 Å². The number of benzene rings is 1. The number of nitrogens with zero attached hydrogens (tertiary/aromatic N) is 1. The summed E-state index contributed by atoms with van der Waals surface area (Å²) in [5, 5.41) is 6.89. The molecule has 1 aromatic heterocycles. The van der Waals surface area contributed by atoms with E-state index in [2.05, 4.69) is 45.4 Å². The molecule has 0 saturated heterocycles. The largest absolute Gasteiger partial charge is 0.449 e. The fraction of sp³-hybridized carbons (Fsp3) is 0.200. The third kappa shape index (κ3) is 4.89. The molecule has 0 fully saturated rings. The lowest BCUT2D eigenvalue weighted by Crippen LogP contribution is -2.25. The molecular weight excluding hydrogens is 381 g/mol. The number of amides is 1. The van der Waals surface area contributed by atoms with Crippen LogP contribution in [0.15, 0.2) is 39.9 Å². The van der Waals surface area contributed by atoms with Crippen molar-refractivity contribution in [3.8, 4) is 0 Å². The highest BCUT2D eigenvalue weighted by atomic mass is 127. The number of hydrazone groups is 1. The van der Waals surface area contributed by atoms with Crippen molar-refractivity contribution in [2.75, 3.05) is 11.9 Å². The second-order valence-corrected chi connectivity index (χ2v) is 5.65. The Balaban J connectivity index is 1.79. The number of aryl methyl sites for hydroxylation is 2. The second kappa shape index (κ2) is 7.26. The van der Waals surface area contributed by atoms with Crippen LogP contribution in [-0.2, 0) is 4.79 Å². The molecule has 0 bridgehead atoms. The highest BCUT2D eigenvalue weighted by molar-refractivity contribution is 14.1. The number of rotatable bonds is 5. The lowest BCUT2D eigenvalue weighted by molar-refractivity contribution is -0.119. The van der Waals surface area contributed by atoms with Crippen LogP contribution in [0.5, 0.6) is 0 Å². The summed E-state index contributed by atoms with van der Waals surface area (Å²) in [6.45, 7) is 4.25. The number of nitrogens with one attached hydrogen (secondary N) is 2. The Kier molecular flexibility index (Phi) is 5.38. The van der Waals surface area contributed by atoms with E-state index in [1.54, 1.807) is 6.07 Å². The Morgan fingerprint density at radius 3 is 2.76 bits per heavy atom. The molecule has 1 amide bonds. The van der Waals surface area contributed by atoms with Gasteiger partial charge in [0.05, 0.1) is 12.8 Å². The molecule has 1 aromatic carbocycles. The topological polar surface area (TPSA) is 66.6 Å². The van der Waals surface area contributed by atoms with Gasteiger partial charge in [-0.1, -0.05) is 6.07 Å². The first-order valence-electron chi connectivity index (χ1n) is 6.43. The normalized spacial score (nSPS) is 10.8. The predicted molar refractivity (Wildman–Crippen MR) is 91.6 cm³/mol. The first-order chi connectivity index (χ1) is 10.0. The number of carbonyl (C=O) groups is 1. The van der Waals surface area contributed by atoms with Crippen molar-refractivity contribution in [3.63, 3.8) is 0 Å². The van der Waals surface area contributed by atoms with Crippen molar-refractivity contribution in [2.24, 2.45) is 5.10 Å². The van der Waals surface area contributed by atoms with Gasteiger partial charge in [-0.2, -0.15) is 5.10 Å². The zero-order valence-electron chi connectivity index (χ0n) is 11.8. The van der Waals surface area contributed by atoms with Crippen molar-refractivity contribution in [1.29, 1.82) is 0 Å². The minimum absolute atomic E-state index is 0.162. The van der Waals surface area contributed by atoms with Crippen LogP contribution in [0.1, 0.15) is 16.9 Å². The maximum Gasteiger partial charge on any atom is 0.259 e. The van der Waals surface area contributed by atoms with Gasteiger partial charge >= 0.3 is 0 Å². The van der Waals surface area contributed by atoms with E-state index in [0.717, 1.165) is 9.45 Å². The molecule has 6 heteroatoms. The van der Waals surface area contributed by atoms with Gasteiger partial charge in [0.15, 0.2) is 3.77 Å². The fourth-order valence-corrected chi connectivity index (χ4v) is 2.07. The maximum absolute atomic E-state index is 11.6. The van der Waals surface area contributed by atoms with Crippen LogP contribution in [0.4, 0.5) is 5.69 Å². The Bertz CT molecular complexity index is 665. The molecule has 21 heavy (non-hydrogen) atoms. The molecule has 2 aromatic rings. The highest BCUT2D eigenvalue weighted by Gasteiger charge is 2.01. The van der Waals surface area contributed by atoms with Gasteiger partial charge in [0.25, 0.3) is 5.91 Å². The molecule has 0 spiro atoms. The van der Waals surface area contributed by atoms with Gasteiger partial charge in [0.1, 0.15) is 5.76 Å². The lowest BCUT2D eigenvalue weighted by atomic mass is 10.1. The van der Waals surface area contributed by atoms with Gasteiger partial charge in [0.2, 0.25) is 0 Å². The average molecular weight is 397 g/mol.